The highest BCUT2D eigenvalue weighted by Crippen LogP contribution is 2.62. The first-order valence-electron chi connectivity index (χ1n) is 7.50. The van der Waals surface area contributed by atoms with Gasteiger partial charge in [0.2, 0.25) is 0 Å². The van der Waals surface area contributed by atoms with Gasteiger partial charge in [-0.1, -0.05) is 36.4 Å². The zero-order chi connectivity index (χ0) is 16.8. The van der Waals surface area contributed by atoms with Crippen LogP contribution in [0.2, 0.25) is 0 Å². The van der Waals surface area contributed by atoms with Gasteiger partial charge in [-0.15, -0.1) is 18.3 Å². The van der Waals surface area contributed by atoms with E-state index in [0.29, 0.717) is 0 Å². The van der Waals surface area contributed by atoms with Gasteiger partial charge in [0, 0.05) is 5.92 Å². The summed E-state index contributed by atoms with van der Waals surface area (Å²) < 4.78 is 25.0. The lowest BCUT2D eigenvalue weighted by molar-refractivity contribution is 0.140. The van der Waals surface area contributed by atoms with Crippen molar-refractivity contribution in [2.24, 2.45) is 0 Å². The second-order valence-electron chi connectivity index (χ2n) is 5.65. The first-order chi connectivity index (χ1) is 10.3. The van der Waals surface area contributed by atoms with E-state index in [2.05, 4.69) is 6.58 Å². The van der Waals surface area contributed by atoms with E-state index < -0.39 is 7.60 Å². The normalized spacial score (nSPS) is 15.0. The van der Waals surface area contributed by atoms with Crippen molar-refractivity contribution >= 4 is 19.4 Å². The van der Waals surface area contributed by atoms with Crippen molar-refractivity contribution in [1.82, 2.24) is 0 Å². The van der Waals surface area contributed by atoms with Crippen LogP contribution in [0, 0.1) is 0 Å². The van der Waals surface area contributed by atoms with Crippen LogP contribution in [0.1, 0.15) is 39.2 Å². The van der Waals surface area contributed by atoms with Gasteiger partial charge in [-0.2, -0.15) is 0 Å². The van der Waals surface area contributed by atoms with Crippen LogP contribution >= 0.6 is 19.4 Å². The molecule has 0 aliphatic carbocycles. The molecule has 0 aromatic heterocycles. The van der Waals surface area contributed by atoms with Crippen molar-refractivity contribution in [1.29, 1.82) is 0 Å². The Morgan fingerprint density at radius 2 is 1.59 bits per heavy atom. The number of thioether (sulfide) groups is 1. The third-order valence-electron chi connectivity index (χ3n) is 3.01. The third kappa shape index (κ3) is 5.27. The summed E-state index contributed by atoms with van der Waals surface area (Å²) in [5.74, 6) is -0.0977. The monoisotopic (exact) mass is 342 g/mol. The Balaban J connectivity index is 3.21. The van der Waals surface area contributed by atoms with Gasteiger partial charge >= 0.3 is 7.60 Å². The number of hydrogen-bond acceptors (Lipinski definition) is 4. The molecule has 1 aromatic rings. The molecule has 0 fully saturated rings. The van der Waals surface area contributed by atoms with Crippen molar-refractivity contribution in [3.63, 3.8) is 0 Å². The molecule has 124 valence electrons. The standard InChI is InChI=1S/C17H27O3PS/c1-7-16(15-11-9-8-10-12-15)17(22-6)21(18,19-13(2)3)20-14(4)5/h7-14,16-17H,1H2,2-6H3. The van der Waals surface area contributed by atoms with Crippen molar-refractivity contribution in [2.45, 2.75) is 50.8 Å². The smallest absolute Gasteiger partial charge is 0.305 e. The van der Waals surface area contributed by atoms with Gasteiger partial charge < -0.3 is 9.05 Å². The van der Waals surface area contributed by atoms with Crippen LogP contribution in [-0.4, -0.2) is 23.5 Å². The molecular formula is C17H27O3PS. The summed E-state index contributed by atoms with van der Waals surface area (Å²) >= 11 is 1.50. The summed E-state index contributed by atoms with van der Waals surface area (Å²) in [5, 5.41) is 0. The Hall–Kier alpha value is -0.540. The fraction of sp³-hybridized carbons (Fsp3) is 0.529. The minimum atomic E-state index is -3.29. The Bertz CT molecular complexity index is 488. The molecule has 2 atom stereocenters. The van der Waals surface area contributed by atoms with Crippen LogP contribution in [0.5, 0.6) is 0 Å². The molecule has 0 saturated carbocycles. The van der Waals surface area contributed by atoms with Gasteiger partial charge in [0.05, 0.1) is 12.2 Å². The van der Waals surface area contributed by atoms with Gasteiger partial charge in [0.15, 0.2) is 0 Å². The summed E-state index contributed by atoms with van der Waals surface area (Å²) in [5.41, 5.74) is 1.07. The highest BCUT2D eigenvalue weighted by atomic mass is 32.2. The summed E-state index contributed by atoms with van der Waals surface area (Å²) in [6.07, 6.45) is 3.43. The number of hydrogen-bond donors (Lipinski definition) is 0. The Labute approximate surface area is 139 Å². The van der Waals surface area contributed by atoms with Crippen molar-refractivity contribution < 1.29 is 13.6 Å². The number of benzene rings is 1. The lowest BCUT2D eigenvalue weighted by atomic mass is 10.0. The average Bonchev–Trinajstić information content (AvgIpc) is 2.43. The fourth-order valence-electron chi connectivity index (χ4n) is 2.30. The van der Waals surface area contributed by atoms with Crippen molar-refractivity contribution in [3.8, 4) is 0 Å². The summed E-state index contributed by atoms with van der Waals surface area (Å²) in [6.45, 7) is 11.4. The predicted octanol–water partition coefficient (Wildman–Crippen LogP) is 5.69. The molecule has 3 nitrogen and oxygen atoms in total. The molecule has 22 heavy (non-hydrogen) atoms. The van der Waals surface area contributed by atoms with Gasteiger partial charge in [-0.05, 0) is 39.5 Å². The zero-order valence-corrected chi connectivity index (χ0v) is 15.8. The molecule has 1 aromatic carbocycles. The average molecular weight is 342 g/mol. The van der Waals surface area contributed by atoms with Crippen LogP contribution in [0.4, 0.5) is 0 Å². The quantitative estimate of drug-likeness (QED) is 0.427. The highest BCUT2D eigenvalue weighted by molar-refractivity contribution is 8.04. The van der Waals surface area contributed by atoms with Crippen LogP contribution in [0.25, 0.3) is 0 Å². The van der Waals surface area contributed by atoms with Gasteiger partial charge in [-0.3, -0.25) is 4.57 Å². The van der Waals surface area contributed by atoms with E-state index >= 15 is 0 Å². The largest absolute Gasteiger partial charge is 0.344 e. The van der Waals surface area contributed by atoms with E-state index in [1.165, 1.54) is 11.8 Å². The predicted molar refractivity (Wildman–Crippen MR) is 96.7 cm³/mol. The Morgan fingerprint density at radius 3 is 1.95 bits per heavy atom. The van der Waals surface area contributed by atoms with E-state index in [1.807, 2.05) is 70.4 Å². The minimum absolute atomic E-state index is 0.0977. The van der Waals surface area contributed by atoms with E-state index in [-0.39, 0.29) is 23.1 Å². The molecule has 0 aliphatic rings. The maximum atomic E-state index is 13.4. The van der Waals surface area contributed by atoms with Gasteiger partial charge in [0.1, 0.15) is 4.99 Å². The number of allylic oxidation sites excluding steroid dienone is 1. The molecular weight excluding hydrogens is 315 g/mol. The molecule has 1 rings (SSSR count). The molecule has 0 spiro atoms. The van der Waals surface area contributed by atoms with E-state index in [9.17, 15) is 4.57 Å². The van der Waals surface area contributed by atoms with Gasteiger partial charge in [0.25, 0.3) is 0 Å². The zero-order valence-electron chi connectivity index (χ0n) is 14.1. The molecule has 0 saturated heterocycles. The van der Waals surface area contributed by atoms with Crippen LogP contribution < -0.4 is 0 Å². The first-order valence-corrected chi connectivity index (χ1v) is 10.4. The summed E-state index contributed by atoms with van der Waals surface area (Å²) in [4.78, 5) is -0.322. The summed E-state index contributed by atoms with van der Waals surface area (Å²) in [6, 6.07) is 9.95. The maximum absolute atomic E-state index is 13.4. The van der Waals surface area contributed by atoms with Crippen LogP contribution in [0.3, 0.4) is 0 Å². The lowest BCUT2D eigenvalue weighted by Crippen LogP contribution is -2.21. The number of rotatable bonds is 9. The summed E-state index contributed by atoms with van der Waals surface area (Å²) in [7, 11) is -3.29. The maximum Gasteiger partial charge on any atom is 0.344 e. The first kappa shape index (κ1) is 19.5. The topological polar surface area (TPSA) is 35.5 Å². The lowest BCUT2D eigenvalue weighted by Gasteiger charge is -2.32. The molecule has 0 radical (unpaired) electrons. The van der Waals surface area contributed by atoms with Crippen molar-refractivity contribution in [2.75, 3.05) is 6.26 Å². The van der Waals surface area contributed by atoms with E-state index in [1.54, 1.807) is 0 Å². The molecule has 0 bridgehead atoms. The van der Waals surface area contributed by atoms with Crippen molar-refractivity contribution in [3.05, 3.63) is 48.6 Å². The van der Waals surface area contributed by atoms with E-state index in [4.69, 9.17) is 9.05 Å². The Morgan fingerprint density at radius 1 is 1.09 bits per heavy atom. The van der Waals surface area contributed by atoms with E-state index in [0.717, 1.165) is 5.56 Å². The molecule has 0 aliphatic heterocycles. The third-order valence-corrected chi connectivity index (χ3v) is 7.57. The fourth-order valence-corrected chi connectivity index (χ4v) is 6.34. The second-order valence-corrected chi connectivity index (χ2v) is 9.03. The molecule has 2 unspecified atom stereocenters. The highest BCUT2D eigenvalue weighted by Gasteiger charge is 2.42. The molecule has 5 heteroatoms. The van der Waals surface area contributed by atoms with Crippen LogP contribution in [0.15, 0.2) is 43.0 Å². The van der Waals surface area contributed by atoms with Gasteiger partial charge in [-0.25, -0.2) is 0 Å². The molecule has 0 heterocycles. The second kappa shape index (κ2) is 8.93. The minimum Gasteiger partial charge on any atom is -0.305 e. The molecule has 0 N–H and O–H groups in total. The van der Waals surface area contributed by atoms with Crippen LogP contribution in [-0.2, 0) is 13.6 Å². The Kier molecular flexibility index (Phi) is 7.92. The SMILES string of the molecule is C=CC(c1ccccc1)C(SC)P(=O)(OC(C)C)OC(C)C. The molecule has 0 amide bonds.